The predicted molar refractivity (Wildman–Crippen MR) is 106 cm³/mol. The molecule has 0 aliphatic rings. The van der Waals surface area contributed by atoms with Crippen LogP contribution < -0.4 is 10.5 Å². The van der Waals surface area contributed by atoms with E-state index in [0.717, 1.165) is 4.57 Å². The summed E-state index contributed by atoms with van der Waals surface area (Å²) in [5.41, 5.74) is 0.889. The lowest BCUT2D eigenvalue weighted by Crippen LogP contribution is -2.35. The number of carbonyl (C=O) groups excluding carboxylic acids is 2. The van der Waals surface area contributed by atoms with Crippen molar-refractivity contribution in [1.82, 2.24) is 9.55 Å². The summed E-state index contributed by atoms with van der Waals surface area (Å²) in [6.45, 7) is 3.18. The fourth-order valence-electron chi connectivity index (χ4n) is 2.71. The fraction of sp³-hybridized carbons (Fsp3) is 0.143. The molecule has 1 aromatic heterocycles. The van der Waals surface area contributed by atoms with Crippen molar-refractivity contribution in [2.45, 2.75) is 6.54 Å². The number of benzene rings is 2. The van der Waals surface area contributed by atoms with E-state index in [1.165, 1.54) is 11.2 Å². The van der Waals surface area contributed by atoms with Gasteiger partial charge in [-0.1, -0.05) is 36.4 Å². The Kier molecular flexibility index (Phi) is 5.96. The van der Waals surface area contributed by atoms with E-state index in [-0.39, 0.29) is 24.6 Å². The largest absolute Gasteiger partial charge is 0.454 e. The van der Waals surface area contributed by atoms with Crippen LogP contribution in [0.3, 0.4) is 0 Å². The van der Waals surface area contributed by atoms with Crippen molar-refractivity contribution in [3.63, 3.8) is 0 Å². The molecule has 0 atom stereocenters. The molecule has 1 amide bonds. The molecule has 0 bridgehead atoms. The smallest absolute Gasteiger partial charge is 0.326 e. The molecule has 0 saturated carbocycles. The molecule has 0 saturated heterocycles. The normalized spacial score (nSPS) is 10.4. The minimum absolute atomic E-state index is 0.286. The summed E-state index contributed by atoms with van der Waals surface area (Å²) >= 11 is 0. The maximum atomic E-state index is 12.5. The summed E-state index contributed by atoms with van der Waals surface area (Å²) in [6, 6.07) is 15.9. The number of carbonyl (C=O) groups is 2. The van der Waals surface area contributed by atoms with E-state index in [0.29, 0.717) is 16.6 Å². The van der Waals surface area contributed by atoms with Gasteiger partial charge in [0.1, 0.15) is 6.54 Å². The van der Waals surface area contributed by atoms with Crippen LogP contribution in [0.4, 0.5) is 5.69 Å². The average molecular weight is 377 g/mol. The van der Waals surface area contributed by atoms with Gasteiger partial charge in [0.2, 0.25) is 0 Å². The number of esters is 1. The summed E-state index contributed by atoms with van der Waals surface area (Å²) in [6.07, 6.45) is 2.88. The summed E-state index contributed by atoms with van der Waals surface area (Å²) < 4.78 is 6.23. The number of fused-ring (bicyclic) bond motifs is 1. The highest BCUT2D eigenvalue weighted by Crippen LogP contribution is 2.13. The Morgan fingerprint density at radius 3 is 2.57 bits per heavy atom. The highest BCUT2D eigenvalue weighted by molar-refractivity contribution is 5.95. The van der Waals surface area contributed by atoms with Crippen LogP contribution >= 0.6 is 0 Å². The van der Waals surface area contributed by atoms with Gasteiger partial charge in [-0.15, -0.1) is 6.58 Å². The van der Waals surface area contributed by atoms with Crippen LogP contribution in [0.1, 0.15) is 0 Å². The molecule has 0 spiro atoms. The lowest BCUT2D eigenvalue weighted by Gasteiger charge is -2.21. The van der Waals surface area contributed by atoms with Crippen LogP contribution in [-0.4, -0.2) is 34.6 Å². The molecule has 0 unspecified atom stereocenters. The zero-order chi connectivity index (χ0) is 19.9. The monoisotopic (exact) mass is 377 g/mol. The Balaban J connectivity index is 1.65. The average Bonchev–Trinajstić information content (AvgIpc) is 2.73. The van der Waals surface area contributed by atoms with Gasteiger partial charge < -0.3 is 9.64 Å². The molecule has 1 heterocycles. The maximum Gasteiger partial charge on any atom is 0.326 e. The van der Waals surface area contributed by atoms with Gasteiger partial charge in [-0.25, -0.2) is 4.98 Å². The van der Waals surface area contributed by atoms with Gasteiger partial charge in [0, 0.05) is 12.2 Å². The number of hydrogen-bond acceptors (Lipinski definition) is 5. The molecule has 0 aliphatic heterocycles. The molecule has 3 rings (SSSR count). The highest BCUT2D eigenvalue weighted by atomic mass is 16.5. The van der Waals surface area contributed by atoms with E-state index in [9.17, 15) is 14.4 Å². The Hall–Kier alpha value is -3.74. The first-order chi connectivity index (χ1) is 13.6. The van der Waals surface area contributed by atoms with Gasteiger partial charge >= 0.3 is 5.97 Å². The minimum atomic E-state index is -0.695. The van der Waals surface area contributed by atoms with Crippen LogP contribution in [0.2, 0.25) is 0 Å². The molecule has 3 aromatic rings. The summed E-state index contributed by atoms with van der Waals surface area (Å²) in [4.78, 5) is 42.6. The molecule has 0 fully saturated rings. The van der Waals surface area contributed by atoms with Crippen LogP contribution in [0.5, 0.6) is 0 Å². The predicted octanol–water partition coefficient (Wildman–Crippen LogP) is 2.16. The number of hydrogen-bond donors (Lipinski definition) is 0. The third-order valence-corrected chi connectivity index (χ3v) is 4.07. The van der Waals surface area contributed by atoms with Crippen LogP contribution in [0.25, 0.3) is 10.9 Å². The van der Waals surface area contributed by atoms with Crippen molar-refractivity contribution in [3.8, 4) is 0 Å². The van der Waals surface area contributed by atoms with Crippen molar-refractivity contribution in [2.75, 3.05) is 18.1 Å². The number of nitrogens with zero attached hydrogens (tertiary/aromatic N) is 3. The quantitative estimate of drug-likeness (QED) is 0.466. The van der Waals surface area contributed by atoms with Gasteiger partial charge in [-0.3, -0.25) is 19.0 Å². The fourth-order valence-corrected chi connectivity index (χ4v) is 2.71. The number of ether oxygens (including phenoxy) is 1. The van der Waals surface area contributed by atoms with Gasteiger partial charge in [0.05, 0.1) is 17.2 Å². The summed E-state index contributed by atoms with van der Waals surface area (Å²) in [5.74, 6) is -1.08. The molecule has 0 radical (unpaired) electrons. The second-order valence-electron chi connectivity index (χ2n) is 5.98. The Bertz CT molecular complexity index is 1060. The molecule has 7 heteroatoms. The molecule has 28 heavy (non-hydrogen) atoms. The molecular weight excluding hydrogens is 358 g/mol. The van der Waals surface area contributed by atoms with Crippen molar-refractivity contribution in [3.05, 3.63) is 83.9 Å². The number of anilines is 1. The maximum absolute atomic E-state index is 12.5. The topological polar surface area (TPSA) is 81.5 Å². The number of amides is 1. The van der Waals surface area contributed by atoms with Crippen LogP contribution in [0, 0.1) is 0 Å². The van der Waals surface area contributed by atoms with Crippen molar-refractivity contribution in [2.24, 2.45) is 0 Å². The number of aromatic nitrogens is 2. The van der Waals surface area contributed by atoms with E-state index >= 15 is 0 Å². The van der Waals surface area contributed by atoms with E-state index < -0.39 is 12.6 Å². The Morgan fingerprint density at radius 2 is 1.82 bits per heavy atom. The minimum Gasteiger partial charge on any atom is -0.454 e. The van der Waals surface area contributed by atoms with Crippen molar-refractivity contribution >= 4 is 28.5 Å². The molecule has 2 aromatic carbocycles. The van der Waals surface area contributed by atoms with Crippen molar-refractivity contribution < 1.29 is 14.3 Å². The van der Waals surface area contributed by atoms with E-state index in [2.05, 4.69) is 11.6 Å². The SMILES string of the molecule is C=CCN(C(=O)COC(=O)Cn1cnc2ccccc2c1=O)c1ccccc1. The first kappa shape index (κ1) is 19.0. The zero-order valence-electron chi connectivity index (χ0n) is 15.2. The van der Waals surface area contributed by atoms with Crippen LogP contribution in [-0.2, 0) is 20.9 Å². The van der Waals surface area contributed by atoms with Gasteiger partial charge in [0.25, 0.3) is 11.5 Å². The first-order valence-electron chi connectivity index (χ1n) is 8.66. The standard InChI is InChI=1S/C21H19N3O4/c1-2-12-24(16-8-4-3-5-9-16)19(25)14-28-20(26)13-23-15-22-18-11-7-6-10-17(18)21(23)27/h2-11,15H,1,12-14H2. The molecular formula is C21H19N3O4. The Labute approximate surface area is 161 Å². The van der Waals surface area contributed by atoms with Gasteiger partial charge in [-0.2, -0.15) is 0 Å². The third-order valence-electron chi connectivity index (χ3n) is 4.07. The molecule has 142 valence electrons. The number of rotatable bonds is 7. The summed E-state index contributed by atoms with van der Waals surface area (Å²) in [5, 5.41) is 0.412. The summed E-state index contributed by atoms with van der Waals surface area (Å²) in [7, 11) is 0. The zero-order valence-corrected chi connectivity index (χ0v) is 15.2. The van der Waals surface area contributed by atoms with E-state index in [1.807, 2.05) is 18.2 Å². The molecule has 7 nitrogen and oxygen atoms in total. The Morgan fingerprint density at radius 1 is 1.11 bits per heavy atom. The molecule has 0 aliphatic carbocycles. The second-order valence-corrected chi connectivity index (χ2v) is 5.98. The van der Waals surface area contributed by atoms with E-state index in [1.54, 1.807) is 42.5 Å². The lowest BCUT2D eigenvalue weighted by molar-refractivity contribution is -0.148. The van der Waals surface area contributed by atoms with E-state index in [4.69, 9.17) is 4.74 Å². The molecule has 0 N–H and O–H groups in total. The van der Waals surface area contributed by atoms with Gasteiger partial charge in [0.15, 0.2) is 6.61 Å². The highest BCUT2D eigenvalue weighted by Gasteiger charge is 2.17. The lowest BCUT2D eigenvalue weighted by atomic mass is 10.2. The number of para-hydroxylation sites is 2. The van der Waals surface area contributed by atoms with Crippen LogP contribution in [0.15, 0.2) is 78.4 Å². The third kappa shape index (κ3) is 4.32. The second kappa shape index (κ2) is 8.77. The first-order valence-corrected chi connectivity index (χ1v) is 8.66. The van der Waals surface area contributed by atoms with Crippen molar-refractivity contribution in [1.29, 1.82) is 0 Å². The van der Waals surface area contributed by atoms with Gasteiger partial charge in [-0.05, 0) is 24.3 Å².